The molecule has 0 spiro atoms. The molecule has 2 heterocycles. The van der Waals surface area contributed by atoms with Crippen molar-refractivity contribution in [3.05, 3.63) is 71.5 Å². The van der Waals surface area contributed by atoms with Crippen molar-refractivity contribution >= 4 is 17.0 Å². The minimum atomic E-state index is 0.574. The molecule has 0 radical (unpaired) electrons. The molecule has 2 aromatic heterocycles. The van der Waals surface area contributed by atoms with Crippen LogP contribution in [0, 0.1) is 0 Å². The third-order valence-corrected chi connectivity index (χ3v) is 4.54. The van der Waals surface area contributed by atoms with Crippen LogP contribution in [0.25, 0.3) is 11.2 Å². The first-order valence-corrected chi connectivity index (χ1v) is 9.28. The Morgan fingerprint density at radius 2 is 1.79 bits per heavy atom. The fraction of sp³-hybridized carbons (Fsp3) is 0.238. The summed E-state index contributed by atoms with van der Waals surface area (Å²) in [5.74, 6) is 2.28. The highest BCUT2D eigenvalue weighted by Gasteiger charge is 2.15. The summed E-state index contributed by atoms with van der Waals surface area (Å²) in [7, 11) is 1.67. The zero-order valence-corrected chi connectivity index (χ0v) is 16.0. The van der Waals surface area contributed by atoms with Crippen molar-refractivity contribution in [1.82, 2.24) is 25.0 Å². The van der Waals surface area contributed by atoms with Gasteiger partial charge >= 0.3 is 0 Å². The Morgan fingerprint density at radius 3 is 2.57 bits per heavy atom. The zero-order chi connectivity index (χ0) is 19.3. The summed E-state index contributed by atoms with van der Waals surface area (Å²) >= 11 is 0. The lowest BCUT2D eigenvalue weighted by Crippen LogP contribution is -2.08. The first kappa shape index (κ1) is 17.9. The Morgan fingerprint density at radius 1 is 1.00 bits per heavy atom. The van der Waals surface area contributed by atoms with E-state index in [-0.39, 0.29) is 0 Å². The van der Waals surface area contributed by atoms with Gasteiger partial charge in [0.15, 0.2) is 17.0 Å². The van der Waals surface area contributed by atoms with E-state index in [1.54, 1.807) is 7.11 Å². The molecule has 28 heavy (non-hydrogen) atoms. The van der Waals surface area contributed by atoms with Crippen LogP contribution >= 0.6 is 0 Å². The van der Waals surface area contributed by atoms with E-state index in [2.05, 4.69) is 37.7 Å². The second-order valence-electron chi connectivity index (χ2n) is 6.41. The van der Waals surface area contributed by atoms with Gasteiger partial charge in [0.1, 0.15) is 11.6 Å². The summed E-state index contributed by atoms with van der Waals surface area (Å²) in [4.78, 5) is 9.29. The van der Waals surface area contributed by atoms with E-state index < -0.39 is 0 Å². The van der Waals surface area contributed by atoms with Gasteiger partial charge in [0, 0.05) is 18.5 Å². The molecule has 7 nitrogen and oxygen atoms in total. The quantitative estimate of drug-likeness (QED) is 0.534. The van der Waals surface area contributed by atoms with Gasteiger partial charge < -0.3 is 10.1 Å². The highest BCUT2D eigenvalue weighted by atomic mass is 16.5. The van der Waals surface area contributed by atoms with Gasteiger partial charge in [0.05, 0.1) is 13.7 Å². The van der Waals surface area contributed by atoms with Crippen molar-refractivity contribution in [3.8, 4) is 5.75 Å². The molecule has 0 aliphatic heterocycles. The predicted octanol–water partition coefficient (Wildman–Crippen LogP) is 3.45. The third kappa shape index (κ3) is 3.64. The number of aryl methyl sites for hydroxylation is 1. The van der Waals surface area contributed by atoms with E-state index in [0.717, 1.165) is 34.8 Å². The molecule has 0 atom stereocenters. The molecule has 0 unspecified atom stereocenters. The Labute approximate surface area is 163 Å². The molecule has 4 rings (SSSR count). The van der Waals surface area contributed by atoms with Crippen LogP contribution < -0.4 is 10.1 Å². The summed E-state index contributed by atoms with van der Waals surface area (Å²) in [5, 5.41) is 12.0. The van der Waals surface area contributed by atoms with Crippen LogP contribution in [0.2, 0.25) is 0 Å². The average molecular weight is 374 g/mol. The Kier molecular flexibility index (Phi) is 5.14. The standard InChI is InChI=1S/C21H22N6O/c1-3-18-23-20(22-13-16-11-7-8-12-17(16)28-2)19-21(24-18)27(26-25-19)14-15-9-5-4-6-10-15/h4-12H,3,13-14H2,1-2H3,(H,22,23,24). The summed E-state index contributed by atoms with van der Waals surface area (Å²) < 4.78 is 7.25. The van der Waals surface area contributed by atoms with E-state index in [1.165, 1.54) is 0 Å². The zero-order valence-electron chi connectivity index (χ0n) is 16.0. The van der Waals surface area contributed by atoms with Crippen LogP contribution in [-0.4, -0.2) is 32.1 Å². The molecule has 0 bridgehead atoms. The summed E-state index contributed by atoms with van der Waals surface area (Å²) in [6.07, 6.45) is 0.732. The molecule has 0 saturated heterocycles. The molecule has 0 aliphatic carbocycles. The molecule has 0 amide bonds. The molecular weight excluding hydrogens is 352 g/mol. The number of nitrogens with zero attached hydrogens (tertiary/aromatic N) is 5. The number of aromatic nitrogens is 5. The third-order valence-electron chi connectivity index (χ3n) is 4.54. The van der Waals surface area contributed by atoms with Crippen molar-refractivity contribution in [2.24, 2.45) is 0 Å². The second-order valence-corrected chi connectivity index (χ2v) is 6.41. The first-order valence-electron chi connectivity index (χ1n) is 9.28. The highest BCUT2D eigenvalue weighted by molar-refractivity contribution is 5.82. The van der Waals surface area contributed by atoms with Crippen molar-refractivity contribution in [1.29, 1.82) is 0 Å². The van der Waals surface area contributed by atoms with Gasteiger partial charge in [-0.25, -0.2) is 14.6 Å². The van der Waals surface area contributed by atoms with Crippen molar-refractivity contribution in [2.75, 3.05) is 12.4 Å². The second kappa shape index (κ2) is 8.04. The Bertz CT molecular complexity index is 1080. The number of ether oxygens (including phenoxy) is 1. The number of benzene rings is 2. The van der Waals surface area contributed by atoms with Crippen LogP contribution in [0.15, 0.2) is 54.6 Å². The molecule has 2 aromatic carbocycles. The van der Waals surface area contributed by atoms with Crippen LogP contribution in [0.5, 0.6) is 5.75 Å². The number of hydrogen-bond acceptors (Lipinski definition) is 6. The fourth-order valence-electron chi connectivity index (χ4n) is 3.07. The van der Waals surface area contributed by atoms with Crippen LogP contribution in [-0.2, 0) is 19.5 Å². The van der Waals surface area contributed by atoms with Gasteiger partial charge in [-0.1, -0.05) is 60.7 Å². The molecule has 142 valence electrons. The number of fused-ring (bicyclic) bond motifs is 1. The number of rotatable bonds is 7. The Hall–Kier alpha value is -3.48. The lowest BCUT2D eigenvalue weighted by Gasteiger charge is -2.11. The Balaban J connectivity index is 1.66. The van der Waals surface area contributed by atoms with E-state index in [0.29, 0.717) is 24.4 Å². The maximum absolute atomic E-state index is 5.43. The first-order chi connectivity index (χ1) is 13.8. The number of hydrogen-bond donors (Lipinski definition) is 1. The number of nitrogens with one attached hydrogen (secondary N) is 1. The normalized spacial score (nSPS) is 10.9. The lowest BCUT2D eigenvalue weighted by atomic mass is 10.2. The number of para-hydroxylation sites is 1. The van der Waals surface area contributed by atoms with E-state index in [9.17, 15) is 0 Å². The summed E-state index contributed by atoms with van der Waals surface area (Å²) in [6, 6.07) is 18.1. The van der Waals surface area contributed by atoms with Crippen molar-refractivity contribution < 1.29 is 4.74 Å². The molecule has 0 saturated carbocycles. The molecule has 7 heteroatoms. The highest BCUT2D eigenvalue weighted by Crippen LogP contribution is 2.22. The van der Waals surface area contributed by atoms with E-state index in [4.69, 9.17) is 4.74 Å². The lowest BCUT2D eigenvalue weighted by molar-refractivity contribution is 0.410. The molecule has 1 N–H and O–H groups in total. The maximum Gasteiger partial charge on any atom is 0.184 e. The fourth-order valence-corrected chi connectivity index (χ4v) is 3.07. The SMILES string of the molecule is CCc1nc(NCc2ccccc2OC)c2nnn(Cc3ccccc3)c2n1. The predicted molar refractivity (Wildman–Crippen MR) is 108 cm³/mol. The van der Waals surface area contributed by atoms with Crippen molar-refractivity contribution in [3.63, 3.8) is 0 Å². The molecular formula is C21H22N6O. The van der Waals surface area contributed by atoms with Gasteiger partial charge in [-0.2, -0.15) is 0 Å². The van der Waals surface area contributed by atoms with Crippen LogP contribution in [0.3, 0.4) is 0 Å². The average Bonchev–Trinajstić information content (AvgIpc) is 3.15. The minimum Gasteiger partial charge on any atom is -0.496 e. The summed E-state index contributed by atoms with van der Waals surface area (Å²) in [6.45, 7) is 3.23. The van der Waals surface area contributed by atoms with Gasteiger partial charge in [-0.05, 0) is 11.6 Å². The number of anilines is 1. The largest absolute Gasteiger partial charge is 0.496 e. The summed E-state index contributed by atoms with van der Waals surface area (Å²) in [5.41, 5.74) is 3.60. The topological polar surface area (TPSA) is 77.8 Å². The van der Waals surface area contributed by atoms with Gasteiger partial charge in [0.25, 0.3) is 0 Å². The molecule has 4 aromatic rings. The maximum atomic E-state index is 5.43. The number of methoxy groups -OCH3 is 1. The van der Waals surface area contributed by atoms with Crippen LogP contribution in [0.4, 0.5) is 5.82 Å². The molecule has 0 fully saturated rings. The van der Waals surface area contributed by atoms with Crippen LogP contribution in [0.1, 0.15) is 23.9 Å². The van der Waals surface area contributed by atoms with Gasteiger partial charge in [-0.3, -0.25) is 0 Å². The minimum absolute atomic E-state index is 0.574. The van der Waals surface area contributed by atoms with E-state index >= 15 is 0 Å². The van der Waals surface area contributed by atoms with Crippen molar-refractivity contribution in [2.45, 2.75) is 26.4 Å². The van der Waals surface area contributed by atoms with Gasteiger partial charge in [-0.15, -0.1) is 5.10 Å². The smallest absolute Gasteiger partial charge is 0.184 e. The van der Waals surface area contributed by atoms with Gasteiger partial charge in [0.2, 0.25) is 0 Å². The monoisotopic (exact) mass is 374 g/mol. The van der Waals surface area contributed by atoms with E-state index in [1.807, 2.05) is 54.1 Å². The molecule has 0 aliphatic rings.